The third kappa shape index (κ3) is 53.7. The minimum atomic E-state index is -0.770. The number of unbranched alkanes of at least 4 members (excludes halogenated alkanes) is 28. The van der Waals surface area contributed by atoms with Crippen LogP contribution in [-0.4, -0.2) is 37.2 Å². The van der Waals surface area contributed by atoms with E-state index < -0.39 is 6.10 Å². The maximum absolute atomic E-state index is 12.7. The summed E-state index contributed by atoms with van der Waals surface area (Å²) in [4.78, 5) is 37.9. The molecule has 386 valence electrons. The highest BCUT2D eigenvalue weighted by Gasteiger charge is 2.19. The number of carbonyl (C=O) groups is 3. The molecule has 6 heteroatoms. The van der Waals surface area contributed by atoms with E-state index in [0.29, 0.717) is 19.3 Å². The Balaban J connectivity index is 4.13. The first-order valence-corrected chi connectivity index (χ1v) is 28.4. The van der Waals surface area contributed by atoms with Crippen molar-refractivity contribution in [2.45, 2.75) is 284 Å². The monoisotopic (exact) mass is 935 g/mol. The van der Waals surface area contributed by atoms with Gasteiger partial charge in [0.15, 0.2) is 6.10 Å². The number of hydrogen-bond acceptors (Lipinski definition) is 6. The fourth-order valence-corrected chi connectivity index (χ4v) is 7.98. The SMILES string of the molecule is CC/C=C\C/C=C\C/C=C\C/C=C\C/C=C\C/C=C\CCCCCCCCCCCCC(=O)OCC(COC(=O)CCCCCCCCCCCC)OC(=O)CCCCCCCCCCCC. The maximum Gasteiger partial charge on any atom is 0.306 e. The molecule has 0 aromatic heterocycles. The Hall–Kier alpha value is -3.15. The van der Waals surface area contributed by atoms with Gasteiger partial charge in [0.25, 0.3) is 0 Å². The molecule has 0 bridgehead atoms. The summed E-state index contributed by atoms with van der Waals surface area (Å²) in [7, 11) is 0. The summed E-state index contributed by atoms with van der Waals surface area (Å²) in [6, 6.07) is 0. The van der Waals surface area contributed by atoms with E-state index in [1.165, 1.54) is 141 Å². The van der Waals surface area contributed by atoms with Gasteiger partial charge in [-0.2, -0.15) is 0 Å². The molecule has 0 fully saturated rings. The smallest absolute Gasteiger partial charge is 0.306 e. The van der Waals surface area contributed by atoms with Crippen LogP contribution in [0.4, 0.5) is 0 Å². The topological polar surface area (TPSA) is 78.9 Å². The summed E-state index contributed by atoms with van der Waals surface area (Å²) in [5.74, 6) is -0.873. The van der Waals surface area contributed by atoms with Gasteiger partial charge in [-0.1, -0.05) is 261 Å². The van der Waals surface area contributed by atoms with Gasteiger partial charge in [-0.15, -0.1) is 0 Å². The van der Waals surface area contributed by atoms with Crippen molar-refractivity contribution in [1.82, 2.24) is 0 Å². The Morgan fingerprint density at radius 3 is 0.910 bits per heavy atom. The largest absolute Gasteiger partial charge is 0.462 e. The van der Waals surface area contributed by atoms with Gasteiger partial charge in [0.05, 0.1) is 0 Å². The van der Waals surface area contributed by atoms with Crippen LogP contribution in [0.15, 0.2) is 72.9 Å². The van der Waals surface area contributed by atoms with Crippen molar-refractivity contribution in [3.8, 4) is 0 Å². The number of hydrogen-bond donors (Lipinski definition) is 0. The number of ether oxygens (including phenoxy) is 3. The van der Waals surface area contributed by atoms with Gasteiger partial charge in [-0.25, -0.2) is 0 Å². The zero-order valence-electron chi connectivity index (χ0n) is 44.2. The molecule has 6 nitrogen and oxygen atoms in total. The summed E-state index contributed by atoms with van der Waals surface area (Å²) < 4.78 is 16.8. The van der Waals surface area contributed by atoms with E-state index in [9.17, 15) is 14.4 Å². The lowest BCUT2D eigenvalue weighted by atomic mass is 10.1. The summed E-state index contributed by atoms with van der Waals surface area (Å²) in [6.45, 7) is 6.51. The first-order valence-electron chi connectivity index (χ1n) is 28.4. The summed E-state index contributed by atoms with van der Waals surface area (Å²) in [5.41, 5.74) is 0. The Bertz CT molecular complexity index is 1260. The quantitative estimate of drug-likeness (QED) is 0.0262. The highest BCUT2D eigenvalue weighted by atomic mass is 16.6. The van der Waals surface area contributed by atoms with Crippen LogP contribution in [0.1, 0.15) is 278 Å². The molecule has 0 saturated heterocycles. The zero-order chi connectivity index (χ0) is 48.6. The highest BCUT2D eigenvalue weighted by molar-refractivity contribution is 5.71. The molecule has 1 atom stereocenters. The van der Waals surface area contributed by atoms with Crippen LogP contribution in [0, 0.1) is 0 Å². The van der Waals surface area contributed by atoms with Gasteiger partial charge in [0, 0.05) is 19.3 Å². The van der Waals surface area contributed by atoms with E-state index in [2.05, 4.69) is 93.7 Å². The third-order valence-corrected chi connectivity index (χ3v) is 12.2. The number of rotatable bonds is 51. The number of allylic oxidation sites excluding steroid dienone is 12. The van der Waals surface area contributed by atoms with Gasteiger partial charge >= 0.3 is 17.9 Å². The van der Waals surface area contributed by atoms with Crippen molar-refractivity contribution in [2.24, 2.45) is 0 Å². The van der Waals surface area contributed by atoms with Crippen LogP contribution in [0.25, 0.3) is 0 Å². The Morgan fingerprint density at radius 2 is 0.582 bits per heavy atom. The van der Waals surface area contributed by atoms with Crippen molar-refractivity contribution in [2.75, 3.05) is 13.2 Å². The van der Waals surface area contributed by atoms with Crippen LogP contribution < -0.4 is 0 Å². The Labute approximate surface area is 414 Å². The van der Waals surface area contributed by atoms with Gasteiger partial charge in [-0.05, 0) is 70.6 Å². The molecule has 0 spiro atoms. The molecule has 0 N–H and O–H groups in total. The molecule has 0 saturated carbocycles. The number of esters is 3. The highest BCUT2D eigenvalue weighted by Crippen LogP contribution is 2.16. The second kappa shape index (κ2) is 55.4. The molecule has 0 aliphatic rings. The average molecular weight is 936 g/mol. The van der Waals surface area contributed by atoms with Crippen LogP contribution in [-0.2, 0) is 28.6 Å². The first-order chi connectivity index (χ1) is 33.0. The van der Waals surface area contributed by atoms with E-state index in [1.54, 1.807) is 0 Å². The fourth-order valence-electron chi connectivity index (χ4n) is 7.98. The number of carbonyl (C=O) groups excluding carboxylic acids is 3. The summed E-state index contributed by atoms with van der Waals surface area (Å²) in [5, 5.41) is 0. The fraction of sp³-hybridized carbons (Fsp3) is 0.754. The van der Waals surface area contributed by atoms with Crippen molar-refractivity contribution < 1.29 is 28.6 Å². The van der Waals surface area contributed by atoms with Gasteiger partial charge in [-0.3, -0.25) is 14.4 Å². The maximum atomic E-state index is 12.7. The predicted octanol–water partition coefficient (Wildman–Crippen LogP) is 19.0. The second-order valence-electron chi connectivity index (χ2n) is 18.8. The Kier molecular flexibility index (Phi) is 52.8. The van der Waals surface area contributed by atoms with Crippen LogP contribution in [0.3, 0.4) is 0 Å². The van der Waals surface area contributed by atoms with Crippen LogP contribution >= 0.6 is 0 Å². The third-order valence-electron chi connectivity index (χ3n) is 12.2. The lowest BCUT2D eigenvalue weighted by molar-refractivity contribution is -0.167. The average Bonchev–Trinajstić information content (AvgIpc) is 3.33. The van der Waals surface area contributed by atoms with E-state index in [0.717, 1.165) is 96.3 Å². The standard InChI is InChI=1S/C61H106O6/c1-4-7-10-13-16-19-22-23-24-25-26-27-28-29-30-31-32-33-34-35-36-37-38-39-40-43-45-48-51-54-60(63)66-57-58(67-61(64)55-52-49-46-42-21-18-15-12-9-6-3)56-65-59(62)53-50-47-44-41-20-17-14-11-8-5-2/h7,10,16,19,23-24,26-27,29-30,32-33,58H,4-6,8-9,11-15,17-18,20-22,25,28,31,34-57H2,1-3H3/b10-7-,19-16-,24-23-,27-26-,30-29-,33-32-. The minimum Gasteiger partial charge on any atom is -0.462 e. The van der Waals surface area contributed by atoms with E-state index in [4.69, 9.17) is 14.2 Å². The van der Waals surface area contributed by atoms with E-state index >= 15 is 0 Å². The molecule has 0 aromatic rings. The summed E-state index contributed by atoms with van der Waals surface area (Å²) >= 11 is 0. The van der Waals surface area contributed by atoms with Crippen molar-refractivity contribution in [1.29, 1.82) is 0 Å². The molecule has 0 radical (unpaired) electrons. The molecule has 1 unspecified atom stereocenters. The van der Waals surface area contributed by atoms with Crippen molar-refractivity contribution >= 4 is 17.9 Å². The molecule has 0 aliphatic carbocycles. The molecule has 0 aromatic carbocycles. The minimum absolute atomic E-state index is 0.0723. The van der Waals surface area contributed by atoms with E-state index in [1.807, 2.05) is 0 Å². The lowest BCUT2D eigenvalue weighted by Gasteiger charge is -2.18. The zero-order valence-corrected chi connectivity index (χ0v) is 44.2. The van der Waals surface area contributed by atoms with Gasteiger partial charge in [0.1, 0.15) is 13.2 Å². The normalized spacial score (nSPS) is 12.6. The predicted molar refractivity (Wildman–Crippen MR) is 288 cm³/mol. The molecular formula is C61H106O6. The van der Waals surface area contributed by atoms with Crippen LogP contribution in [0.5, 0.6) is 0 Å². The molecule has 67 heavy (non-hydrogen) atoms. The first kappa shape index (κ1) is 63.8. The van der Waals surface area contributed by atoms with Gasteiger partial charge in [0.2, 0.25) is 0 Å². The Morgan fingerprint density at radius 1 is 0.313 bits per heavy atom. The summed E-state index contributed by atoms with van der Waals surface area (Å²) in [6.07, 6.45) is 70.5. The molecular weight excluding hydrogens is 829 g/mol. The van der Waals surface area contributed by atoms with E-state index in [-0.39, 0.29) is 31.1 Å². The second-order valence-corrected chi connectivity index (χ2v) is 18.8. The van der Waals surface area contributed by atoms with Crippen molar-refractivity contribution in [3.05, 3.63) is 72.9 Å². The molecule has 0 heterocycles. The van der Waals surface area contributed by atoms with Crippen molar-refractivity contribution in [3.63, 3.8) is 0 Å². The van der Waals surface area contributed by atoms with Gasteiger partial charge < -0.3 is 14.2 Å². The lowest BCUT2D eigenvalue weighted by Crippen LogP contribution is -2.30. The molecule has 0 aliphatic heterocycles. The molecule has 0 rings (SSSR count). The van der Waals surface area contributed by atoms with Crippen LogP contribution in [0.2, 0.25) is 0 Å². The molecule has 0 amide bonds.